The monoisotopic (exact) mass is 348 g/mol. The fourth-order valence-electron chi connectivity index (χ4n) is 2.16. The summed E-state index contributed by atoms with van der Waals surface area (Å²) in [7, 11) is 0. The van der Waals surface area contributed by atoms with Crippen molar-refractivity contribution < 1.29 is 14.1 Å². The van der Waals surface area contributed by atoms with Gasteiger partial charge in [0.25, 0.3) is 0 Å². The van der Waals surface area contributed by atoms with Gasteiger partial charge in [-0.3, -0.25) is 4.79 Å². The van der Waals surface area contributed by atoms with Crippen molar-refractivity contribution in [3.63, 3.8) is 0 Å². The van der Waals surface area contributed by atoms with Crippen molar-refractivity contribution in [3.05, 3.63) is 46.8 Å². The summed E-state index contributed by atoms with van der Waals surface area (Å²) in [5.41, 5.74) is 3.02. The number of hydrogen-bond donors (Lipinski definition) is 1. The van der Waals surface area contributed by atoms with E-state index in [9.17, 15) is 4.79 Å². The Bertz CT molecular complexity index is 646. The number of hydrogen-bond acceptors (Lipinski definition) is 5. The maximum absolute atomic E-state index is 11.9. The number of aromatic nitrogens is 1. The normalized spacial score (nSPS) is 10.9. The maximum Gasteiger partial charge on any atom is 0.230 e. The predicted octanol–water partition coefficient (Wildman–Crippen LogP) is 3.63. The molecule has 1 heterocycles. The highest BCUT2D eigenvalue weighted by Crippen LogP contribution is 2.19. The van der Waals surface area contributed by atoms with Gasteiger partial charge in [-0.1, -0.05) is 17.3 Å². The van der Waals surface area contributed by atoms with E-state index in [1.807, 2.05) is 52.0 Å². The zero-order valence-electron chi connectivity index (χ0n) is 14.6. The van der Waals surface area contributed by atoms with Crippen LogP contribution in [0, 0.1) is 13.8 Å². The first-order valence-corrected chi connectivity index (χ1v) is 9.13. The number of amides is 1. The first kappa shape index (κ1) is 18.4. The predicted molar refractivity (Wildman–Crippen MR) is 96.2 cm³/mol. The number of carbonyl (C=O) groups excluding carboxylic acids is 1. The highest BCUT2D eigenvalue weighted by Gasteiger charge is 2.10. The van der Waals surface area contributed by atoms with Crippen LogP contribution in [0.3, 0.4) is 0 Å². The lowest BCUT2D eigenvalue weighted by Gasteiger charge is -2.10. The standard InChI is InChI=1S/C18H24N2O3S/c1-12(2)22-16-7-5-15(6-8-16)9-19-18(21)11-24-10-17-13(3)20-23-14(17)4/h5-8,12H,9-11H2,1-4H3,(H,19,21). The number of nitrogens with one attached hydrogen (secondary N) is 1. The Kier molecular flexibility index (Phi) is 6.73. The lowest BCUT2D eigenvalue weighted by atomic mass is 10.2. The molecule has 0 saturated carbocycles. The molecule has 2 rings (SSSR count). The molecule has 130 valence electrons. The first-order chi connectivity index (χ1) is 11.5. The third kappa shape index (κ3) is 5.60. The van der Waals surface area contributed by atoms with E-state index in [-0.39, 0.29) is 12.0 Å². The molecular formula is C18H24N2O3S. The van der Waals surface area contributed by atoms with Gasteiger partial charge in [-0.15, -0.1) is 11.8 Å². The fourth-order valence-corrected chi connectivity index (χ4v) is 3.17. The molecule has 0 atom stereocenters. The molecule has 6 heteroatoms. The Morgan fingerprint density at radius 1 is 1.29 bits per heavy atom. The van der Waals surface area contributed by atoms with Gasteiger partial charge in [0.1, 0.15) is 11.5 Å². The van der Waals surface area contributed by atoms with Gasteiger partial charge in [0.2, 0.25) is 5.91 Å². The van der Waals surface area contributed by atoms with Crippen LogP contribution in [0.2, 0.25) is 0 Å². The second-order valence-corrected chi connectivity index (χ2v) is 6.87. The summed E-state index contributed by atoms with van der Waals surface area (Å²) in [4.78, 5) is 11.9. The average Bonchev–Trinajstić information content (AvgIpc) is 2.85. The van der Waals surface area contributed by atoms with Crippen molar-refractivity contribution >= 4 is 17.7 Å². The summed E-state index contributed by atoms with van der Waals surface area (Å²) in [6, 6.07) is 7.78. The molecule has 0 aliphatic rings. The Balaban J connectivity index is 1.71. The summed E-state index contributed by atoms with van der Waals surface area (Å²) in [6.07, 6.45) is 0.158. The van der Waals surface area contributed by atoms with Gasteiger partial charge < -0.3 is 14.6 Å². The summed E-state index contributed by atoms with van der Waals surface area (Å²) in [6.45, 7) is 8.32. The molecule has 0 spiro atoms. The molecule has 0 fully saturated rings. The minimum atomic E-state index is 0.0225. The summed E-state index contributed by atoms with van der Waals surface area (Å²) >= 11 is 1.56. The minimum absolute atomic E-state index is 0.0225. The molecule has 1 aromatic heterocycles. The molecule has 0 aliphatic heterocycles. The number of ether oxygens (including phenoxy) is 1. The smallest absolute Gasteiger partial charge is 0.230 e. The molecule has 1 N–H and O–H groups in total. The average molecular weight is 348 g/mol. The zero-order chi connectivity index (χ0) is 17.5. The molecule has 1 amide bonds. The number of nitrogens with zero attached hydrogens (tertiary/aromatic N) is 1. The number of aryl methyl sites for hydroxylation is 2. The van der Waals surface area contributed by atoms with E-state index in [1.165, 1.54) is 0 Å². The van der Waals surface area contributed by atoms with Crippen molar-refractivity contribution in [2.24, 2.45) is 0 Å². The molecule has 0 bridgehead atoms. The van der Waals surface area contributed by atoms with Crippen LogP contribution >= 0.6 is 11.8 Å². The number of rotatable bonds is 8. The summed E-state index contributed by atoms with van der Waals surface area (Å²) in [5, 5.41) is 6.84. The molecule has 0 unspecified atom stereocenters. The van der Waals surface area contributed by atoms with Gasteiger partial charge in [-0.25, -0.2) is 0 Å². The SMILES string of the molecule is Cc1noc(C)c1CSCC(=O)NCc1ccc(OC(C)C)cc1. The second-order valence-electron chi connectivity index (χ2n) is 5.88. The second kappa shape index (κ2) is 8.78. The molecule has 24 heavy (non-hydrogen) atoms. The van der Waals surface area contributed by atoms with E-state index in [0.29, 0.717) is 12.3 Å². The van der Waals surface area contributed by atoms with Crippen LogP contribution in [0.25, 0.3) is 0 Å². The van der Waals surface area contributed by atoms with Crippen LogP contribution in [0.4, 0.5) is 0 Å². The Labute approximate surface area is 147 Å². The van der Waals surface area contributed by atoms with Crippen LogP contribution in [-0.2, 0) is 17.1 Å². The fraction of sp³-hybridized carbons (Fsp3) is 0.444. The van der Waals surface area contributed by atoms with Gasteiger partial charge in [0, 0.05) is 17.9 Å². The summed E-state index contributed by atoms with van der Waals surface area (Å²) in [5.74, 6) is 2.84. The van der Waals surface area contributed by atoms with Crippen molar-refractivity contribution in [2.75, 3.05) is 5.75 Å². The highest BCUT2D eigenvalue weighted by molar-refractivity contribution is 7.99. The van der Waals surface area contributed by atoms with Gasteiger partial charge >= 0.3 is 0 Å². The van der Waals surface area contributed by atoms with E-state index in [4.69, 9.17) is 9.26 Å². The van der Waals surface area contributed by atoms with Crippen LogP contribution in [0.5, 0.6) is 5.75 Å². The number of carbonyl (C=O) groups is 1. The Hall–Kier alpha value is -1.95. The lowest BCUT2D eigenvalue weighted by Crippen LogP contribution is -2.24. The van der Waals surface area contributed by atoms with Crippen molar-refractivity contribution in [3.8, 4) is 5.75 Å². The van der Waals surface area contributed by atoms with Crippen LogP contribution in [0.15, 0.2) is 28.8 Å². The third-order valence-electron chi connectivity index (χ3n) is 3.45. The van der Waals surface area contributed by atoms with Crippen molar-refractivity contribution in [2.45, 2.75) is 46.1 Å². The molecule has 0 saturated heterocycles. The largest absolute Gasteiger partial charge is 0.491 e. The van der Waals surface area contributed by atoms with E-state index < -0.39 is 0 Å². The van der Waals surface area contributed by atoms with Gasteiger partial charge in [-0.2, -0.15) is 0 Å². The first-order valence-electron chi connectivity index (χ1n) is 7.97. The highest BCUT2D eigenvalue weighted by atomic mass is 32.2. The van der Waals surface area contributed by atoms with E-state index in [1.54, 1.807) is 11.8 Å². The minimum Gasteiger partial charge on any atom is -0.491 e. The third-order valence-corrected chi connectivity index (χ3v) is 4.40. The van der Waals surface area contributed by atoms with E-state index in [0.717, 1.165) is 34.1 Å². The topological polar surface area (TPSA) is 64.4 Å². The number of benzene rings is 1. The van der Waals surface area contributed by atoms with Crippen LogP contribution in [-0.4, -0.2) is 22.9 Å². The maximum atomic E-state index is 11.9. The van der Waals surface area contributed by atoms with Gasteiger partial charge in [0.05, 0.1) is 17.6 Å². The van der Waals surface area contributed by atoms with E-state index in [2.05, 4.69) is 10.5 Å². The van der Waals surface area contributed by atoms with Gasteiger partial charge in [-0.05, 0) is 45.4 Å². The van der Waals surface area contributed by atoms with Gasteiger partial charge in [0.15, 0.2) is 0 Å². The molecule has 0 radical (unpaired) electrons. The molecule has 2 aromatic rings. The van der Waals surface area contributed by atoms with Crippen molar-refractivity contribution in [1.29, 1.82) is 0 Å². The Morgan fingerprint density at radius 3 is 2.58 bits per heavy atom. The molecule has 5 nitrogen and oxygen atoms in total. The molecule has 0 aliphatic carbocycles. The lowest BCUT2D eigenvalue weighted by molar-refractivity contribution is -0.118. The zero-order valence-corrected chi connectivity index (χ0v) is 15.4. The number of thioether (sulfide) groups is 1. The van der Waals surface area contributed by atoms with Crippen molar-refractivity contribution in [1.82, 2.24) is 10.5 Å². The van der Waals surface area contributed by atoms with Crippen LogP contribution in [0.1, 0.15) is 36.4 Å². The van der Waals surface area contributed by atoms with Crippen LogP contribution < -0.4 is 10.1 Å². The summed E-state index contributed by atoms with van der Waals surface area (Å²) < 4.78 is 10.7. The molecular weight excluding hydrogens is 324 g/mol. The Morgan fingerprint density at radius 2 is 2.00 bits per heavy atom. The van der Waals surface area contributed by atoms with E-state index >= 15 is 0 Å². The molecule has 1 aromatic carbocycles. The quantitative estimate of drug-likeness (QED) is 0.789.